The van der Waals surface area contributed by atoms with Gasteiger partial charge in [0.25, 0.3) is 5.91 Å². The molecule has 5 heterocycles. The number of rotatable bonds is 2. The van der Waals surface area contributed by atoms with Gasteiger partial charge in [-0.15, -0.1) is 11.3 Å². The lowest BCUT2D eigenvalue weighted by Gasteiger charge is -2.51. The second-order valence-corrected chi connectivity index (χ2v) is 8.72. The van der Waals surface area contributed by atoms with Crippen molar-refractivity contribution >= 4 is 29.2 Å². The van der Waals surface area contributed by atoms with E-state index in [1.54, 1.807) is 22.4 Å². The van der Waals surface area contributed by atoms with E-state index in [1.807, 2.05) is 36.3 Å². The first-order valence-electron chi connectivity index (χ1n) is 9.34. The lowest BCUT2D eigenvalue weighted by Crippen LogP contribution is -2.71. The first kappa shape index (κ1) is 17.4. The van der Waals surface area contributed by atoms with E-state index in [0.717, 1.165) is 16.3 Å². The van der Waals surface area contributed by atoms with Gasteiger partial charge >= 0.3 is 6.09 Å². The topological polar surface area (TPSA) is 78.9 Å². The predicted octanol–water partition coefficient (Wildman–Crippen LogP) is 1.69. The summed E-state index contributed by atoms with van der Waals surface area (Å²) >= 11 is 1.58. The fourth-order valence-electron chi connectivity index (χ4n) is 4.37. The Labute approximate surface area is 166 Å². The number of amides is 2. The van der Waals surface area contributed by atoms with E-state index in [-0.39, 0.29) is 18.0 Å². The van der Waals surface area contributed by atoms with Crippen molar-refractivity contribution in [1.29, 1.82) is 0 Å². The minimum absolute atomic E-state index is 0.0375. The molecule has 0 bridgehead atoms. The molecule has 5 rings (SSSR count). The van der Waals surface area contributed by atoms with E-state index >= 15 is 0 Å². The minimum Gasteiger partial charge on any atom is -0.437 e. The van der Waals surface area contributed by atoms with Crippen LogP contribution in [0.3, 0.4) is 0 Å². The summed E-state index contributed by atoms with van der Waals surface area (Å²) in [7, 11) is 0. The standard InChI is InChI=1S/C19H21N5O3S/c1-12-14(4-8-28-12)17(25)22-6-7-24-15(9-22)19(27-18(24)26)10-23(11-19)16-3-5-20-13(2)21-16/h3-5,8,15H,6-7,9-11H2,1-2H3. The molecule has 0 saturated carbocycles. The highest BCUT2D eigenvalue weighted by atomic mass is 32.1. The summed E-state index contributed by atoms with van der Waals surface area (Å²) in [5.41, 5.74) is 0.169. The van der Waals surface area contributed by atoms with Gasteiger partial charge in [0.05, 0.1) is 24.7 Å². The van der Waals surface area contributed by atoms with Crippen LogP contribution in [-0.2, 0) is 4.74 Å². The van der Waals surface area contributed by atoms with Crippen LogP contribution in [0, 0.1) is 13.8 Å². The summed E-state index contributed by atoms with van der Waals surface area (Å²) in [4.78, 5) is 40.7. The normalized spacial score (nSPS) is 22.9. The Balaban J connectivity index is 1.35. The third-order valence-electron chi connectivity index (χ3n) is 5.89. The van der Waals surface area contributed by atoms with Crippen LogP contribution >= 0.6 is 11.3 Å². The number of carbonyl (C=O) groups excluding carboxylic acids is 2. The molecule has 2 aromatic rings. The Morgan fingerprint density at radius 2 is 2.11 bits per heavy atom. The van der Waals surface area contributed by atoms with Crippen LogP contribution in [0.1, 0.15) is 21.1 Å². The second kappa shape index (κ2) is 6.16. The highest BCUT2D eigenvalue weighted by molar-refractivity contribution is 7.10. The molecule has 2 amide bonds. The molecule has 0 radical (unpaired) electrons. The van der Waals surface area contributed by atoms with Crippen LogP contribution in [0.25, 0.3) is 0 Å². The maximum Gasteiger partial charge on any atom is 0.411 e. The highest BCUT2D eigenvalue weighted by Gasteiger charge is 2.62. The number of anilines is 1. The van der Waals surface area contributed by atoms with Crippen molar-refractivity contribution in [2.75, 3.05) is 37.6 Å². The van der Waals surface area contributed by atoms with E-state index in [1.165, 1.54) is 0 Å². The lowest BCUT2D eigenvalue weighted by atomic mass is 9.84. The number of hydrogen-bond donors (Lipinski definition) is 0. The summed E-state index contributed by atoms with van der Waals surface area (Å²) in [5, 5.41) is 1.94. The number of fused-ring (bicyclic) bond motifs is 2. The van der Waals surface area contributed by atoms with Crippen LogP contribution in [0.4, 0.5) is 10.6 Å². The van der Waals surface area contributed by atoms with E-state index < -0.39 is 5.60 Å². The molecule has 0 aliphatic carbocycles. The number of nitrogens with zero attached hydrogens (tertiary/aromatic N) is 5. The van der Waals surface area contributed by atoms with Gasteiger partial charge in [0.2, 0.25) is 0 Å². The van der Waals surface area contributed by atoms with Gasteiger partial charge in [-0.25, -0.2) is 14.8 Å². The maximum atomic E-state index is 13.0. The summed E-state index contributed by atoms with van der Waals surface area (Å²) in [6.07, 6.45) is 1.46. The van der Waals surface area contributed by atoms with Gasteiger partial charge in [0.1, 0.15) is 11.6 Å². The fraction of sp³-hybridized carbons (Fsp3) is 0.474. The van der Waals surface area contributed by atoms with E-state index in [9.17, 15) is 9.59 Å². The van der Waals surface area contributed by atoms with Crippen molar-refractivity contribution in [3.63, 3.8) is 0 Å². The predicted molar refractivity (Wildman–Crippen MR) is 104 cm³/mol. The SMILES string of the molecule is Cc1nccc(N2CC3(C2)OC(=O)N2CCN(C(=O)c4ccsc4C)CC23)n1. The number of carbonyl (C=O) groups is 2. The smallest absolute Gasteiger partial charge is 0.411 e. The zero-order chi connectivity index (χ0) is 19.5. The zero-order valence-corrected chi connectivity index (χ0v) is 16.6. The van der Waals surface area contributed by atoms with Gasteiger partial charge in [0.15, 0.2) is 5.60 Å². The number of aromatic nitrogens is 2. The van der Waals surface area contributed by atoms with Crippen molar-refractivity contribution < 1.29 is 14.3 Å². The Kier molecular flexibility index (Phi) is 3.84. The third kappa shape index (κ3) is 2.56. The Morgan fingerprint density at radius 3 is 2.82 bits per heavy atom. The van der Waals surface area contributed by atoms with Crippen LogP contribution in [0.2, 0.25) is 0 Å². The quantitative estimate of drug-likeness (QED) is 0.765. The molecular formula is C19H21N5O3S. The summed E-state index contributed by atoms with van der Waals surface area (Å²) in [6.45, 7) is 6.51. The number of hydrogen-bond acceptors (Lipinski definition) is 7. The van der Waals surface area contributed by atoms with Gasteiger partial charge in [-0.1, -0.05) is 0 Å². The molecule has 28 heavy (non-hydrogen) atoms. The Bertz CT molecular complexity index is 955. The molecule has 1 spiro atoms. The molecule has 2 aromatic heterocycles. The molecule has 0 aromatic carbocycles. The van der Waals surface area contributed by atoms with Gasteiger partial charge in [-0.2, -0.15) is 0 Å². The maximum absolute atomic E-state index is 13.0. The molecule has 1 unspecified atom stereocenters. The van der Waals surface area contributed by atoms with Crippen LogP contribution < -0.4 is 4.90 Å². The average Bonchev–Trinajstić information content (AvgIpc) is 3.21. The van der Waals surface area contributed by atoms with Gasteiger partial charge in [0, 0.05) is 30.7 Å². The fourth-order valence-corrected chi connectivity index (χ4v) is 5.06. The summed E-state index contributed by atoms with van der Waals surface area (Å²) in [5.74, 6) is 1.59. The first-order chi connectivity index (χ1) is 13.5. The average molecular weight is 399 g/mol. The molecule has 1 atom stereocenters. The summed E-state index contributed by atoms with van der Waals surface area (Å²) < 4.78 is 5.82. The molecule has 3 aliphatic heterocycles. The minimum atomic E-state index is -0.585. The first-order valence-corrected chi connectivity index (χ1v) is 10.2. The van der Waals surface area contributed by atoms with Crippen molar-refractivity contribution in [2.24, 2.45) is 0 Å². The van der Waals surface area contributed by atoms with Crippen molar-refractivity contribution in [2.45, 2.75) is 25.5 Å². The highest BCUT2D eigenvalue weighted by Crippen LogP contribution is 2.41. The Morgan fingerprint density at radius 1 is 1.29 bits per heavy atom. The molecular weight excluding hydrogens is 378 g/mol. The number of thiophene rings is 1. The molecule has 146 valence electrons. The van der Waals surface area contributed by atoms with Crippen molar-refractivity contribution in [3.05, 3.63) is 40.0 Å². The van der Waals surface area contributed by atoms with Gasteiger partial charge < -0.3 is 14.5 Å². The monoisotopic (exact) mass is 399 g/mol. The van der Waals surface area contributed by atoms with E-state index in [0.29, 0.717) is 38.5 Å². The van der Waals surface area contributed by atoms with E-state index in [4.69, 9.17) is 4.74 Å². The largest absolute Gasteiger partial charge is 0.437 e. The third-order valence-corrected chi connectivity index (χ3v) is 6.74. The van der Waals surface area contributed by atoms with Crippen LogP contribution in [0.15, 0.2) is 23.7 Å². The number of piperazine rings is 1. The molecule has 3 saturated heterocycles. The molecule has 3 aliphatic rings. The molecule has 3 fully saturated rings. The van der Waals surface area contributed by atoms with Gasteiger partial charge in [-0.05, 0) is 31.4 Å². The zero-order valence-electron chi connectivity index (χ0n) is 15.8. The van der Waals surface area contributed by atoms with Crippen molar-refractivity contribution in [1.82, 2.24) is 19.8 Å². The molecule has 0 N–H and O–H groups in total. The number of aryl methyl sites for hydroxylation is 2. The van der Waals surface area contributed by atoms with Crippen molar-refractivity contribution in [3.8, 4) is 0 Å². The number of ether oxygens (including phenoxy) is 1. The second-order valence-electron chi connectivity index (χ2n) is 7.60. The van der Waals surface area contributed by atoms with Gasteiger partial charge in [-0.3, -0.25) is 9.69 Å². The molecule has 9 heteroatoms. The lowest BCUT2D eigenvalue weighted by molar-refractivity contribution is -0.00671. The van der Waals surface area contributed by atoms with Crippen LogP contribution in [0.5, 0.6) is 0 Å². The molecule has 8 nitrogen and oxygen atoms in total. The van der Waals surface area contributed by atoms with Crippen LogP contribution in [-0.4, -0.2) is 76.1 Å². The van der Waals surface area contributed by atoms with E-state index in [2.05, 4.69) is 14.9 Å². The Hall–Kier alpha value is -2.68. The summed E-state index contributed by atoms with van der Waals surface area (Å²) in [6, 6.07) is 3.61.